The van der Waals surface area contributed by atoms with Crippen molar-refractivity contribution in [3.8, 4) is 11.3 Å². The van der Waals surface area contributed by atoms with Crippen LogP contribution in [-0.4, -0.2) is 19.5 Å². The number of hydrogen-bond acceptors (Lipinski definition) is 3. The van der Waals surface area contributed by atoms with Crippen LogP contribution in [0.15, 0.2) is 18.3 Å². The van der Waals surface area contributed by atoms with Crippen molar-refractivity contribution in [2.75, 3.05) is 0 Å². The lowest BCUT2D eigenvalue weighted by atomic mass is 10.1. The highest BCUT2D eigenvalue weighted by Crippen LogP contribution is 2.34. The number of aromatic nitrogens is 4. The highest BCUT2D eigenvalue weighted by Gasteiger charge is 2.25. The van der Waals surface area contributed by atoms with Gasteiger partial charge >= 0.3 is 0 Å². The zero-order valence-electron chi connectivity index (χ0n) is 11.6. The summed E-state index contributed by atoms with van der Waals surface area (Å²) in [6, 6.07) is 3.18. The normalized spacial score (nSPS) is 17.2. The molecule has 0 amide bonds. The first-order valence-electron chi connectivity index (χ1n) is 6.93. The molecule has 0 bridgehead atoms. The molecule has 4 rings (SSSR count). The van der Waals surface area contributed by atoms with Crippen LogP contribution in [0, 0.1) is 11.6 Å². The van der Waals surface area contributed by atoms with E-state index in [0.29, 0.717) is 16.6 Å². The maximum absolute atomic E-state index is 14.4. The Hall–Kier alpha value is -2.08. The Balaban J connectivity index is 2.00. The number of benzene rings is 1. The summed E-state index contributed by atoms with van der Waals surface area (Å²) in [7, 11) is 0. The first kappa shape index (κ1) is 13.6. The Morgan fingerprint density at radius 3 is 2.86 bits per heavy atom. The van der Waals surface area contributed by atoms with Crippen molar-refractivity contribution in [2.45, 2.75) is 25.8 Å². The molecule has 0 N–H and O–H groups in total. The first-order valence-corrected chi connectivity index (χ1v) is 7.31. The molecule has 0 aliphatic carbocycles. The molecule has 3 aromatic rings. The summed E-state index contributed by atoms with van der Waals surface area (Å²) in [5, 5.41) is -0.0798. The fourth-order valence-electron chi connectivity index (χ4n) is 3.02. The van der Waals surface area contributed by atoms with Crippen LogP contribution in [0.5, 0.6) is 0 Å². The highest BCUT2D eigenvalue weighted by molar-refractivity contribution is 6.28. The fourth-order valence-corrected chi connectivity index (χ4v) is 3.15. The van der Waals surface area contributed by atoms with E-state index in [0.717, 1.165) is 24.9 Å². The van der Waals surface area contributed by atoms with Crippen molar-refractivity contribution in [3.05, 3.63) is 41.1 Å². The fraction of sp³-hybridized carbons (Fsp3) is 0.267. The van der Waals surface area contributed by atoms with Gasteiger partial charge in [-0.15, -0.1) is 0 Å². The maximum Gasteiger partial charge on any atom is 0.223 e. The van der Waals surface area contributed by atoms with Gasteiger partial charge in [0, 0.05) is 18.0 Å². The van der Waals surface area contributed by atoms with Gasteiger partial charge < -0.3 is 4.57 Å². The van der Waals surface area contributed by atoms with Crippen molar-refractivity contribution in [1.82, 2.24) is 19.5 Å². The molecule has 0 saturated carbocycles. The van der Waals surface area contributed by atoms with Gasteiger partial charge in [-0.05, 0) is 37.1 Å². The van der Waals surface area contributed by atoms with Crippen LogP contribution in [0.4, 0.5) is 8.78 Å². The average molecular weight is 321 g/mol. The summed E-state index contributed by atoms with van der Waals surface area (Å²) < 4.78 is 30.3. The molecular formula is C15H11ClF2N4. The van der Waals surface area contributed by atoms with Gasteiger partial charge in [0.1, 0.15) is 17.0 Å². The van der Waals surface area contributed by atoms with E-state index in [1.54, 1.807) is 6.07 Å². The third kappa shape index (κ3) is 1.90. The van der Waals surface area contributed by atoms with Gasteiger partial charge in [-0.25, -0.2) is 23.7 Å². The van der Waals surface area contributed by atoms with Crippen molar-refractivity contribution in [2.24, 2.45) is 0 Å². The van der Waals surface area contributed by atoms with E-state index in [1.807, 2.05) is 4.57 Å². The van der Waals surface area contributed by atoms with Crippen LogP contribution in [0.25, 0.3) is 22.3 Å². The minimum atomic E-state index is -0.641. The summed E-state index contributed by atoms with van der Waals surface area (Å²) >= 11 is 5.72. The van der Waals surface area contributed by atoms with Gasteiger partial charge in [0.25, 0.3) is 0 Å². The minimum Gasteiger partial charge on any atom is -0.325 e. The third-order valence-corrected chi connectivity index (χ3v) is 4.22. The van der Waals surface area contributed by atoms with E-state index in [9.17, 15) is 8.78 Å². The molecule has 22 heavy (non-hydrogen) atoms. The molecule has 0 saturated heterocycles. The second-order valence-corrected chi connectivity index (χ2v) is 5.79. The molecule has 3 heterocycles. The number of hydrogen-bond donors (Lipinski definition) is 0. The molecule has 4 nitrogen and oxygen atoms in total. The molecule has 1 aromatic carbocycles. The summed E-state index contributed by atoms with van der Waals surface area (Å²) in [6.07, 6.45) is 2.77. The molecule has 7 heteroatoms. The quantitative estimate of drug-likeness (QED) is 0.638. The number of imidazole rings is 1. The van der Waals surface area contributed by atoms with Gasteiger partial charge in [-0.1, -0.05) is 0 Å². The summed E-state index contributed by atoms with van der Waals surface area (Å²) in [5.41, 5.74) is 1.28. The molecule has 0 fully saturated rings. The summed E-state index contributed by atoms with van der Waals surface area (Å²) in [4.78, 5) is 11.8. The minimum absolute atomic E-state index is 0.0120. The number of aryl methyl sites for hydroxylation is 1. The molecule has 0 spiro atoms. The monoisotopic (exact) mass is 320 g/mol. The number of nitrogens with zero attached hydrogens (tertiary/aromatic N) is 4. The molecule has 1 atom stereocenters. The van der Waals surface area contributed by atoms with Gasteiger partial charge in [0.2, 0.25) is 5.28 Å². The lowest BCUT2D eigenvalue weighted by Crippen LogP contribution is -1.99. The van der Waals surface area contributed by atoms with Crippen LogP contribution in [0.1, 0.15) is 25.2 Å². The molecule has 0 radical (unpaired) electrons. The smallest absolute Gasteiger partial charge is 0.223 e. The van der Waals surface area contributed by atoms with E-state index < -0.39 is 11.6 Å². The van der Waals surface area contributed by atoms with Gasteiger partial charge in [-0.2, -0.15) is 0 Å². The van der Waals surface area contributed by atoms with Crippen molar-refractivity contribution < 1.29 is 8.78 Å². The predicted octanol–water partition coefficient (Wildman–Crippen LogP) is 3.93. The maximum atomic E-state index is 14.4. The van der Waals surface area contributed by atoms with Crippen molar-refractivity contribution in [3.63, 3.8) is 0 Å². The topological polar surface area (TPSA) is 43.6 Å². The Bertz CT molecular complexity index is 906. The average Bonchev–Trinajstić information content (AvgIpc) is 3.02. The summed E-state index contributed by atoms with van der Waals surface area (Å²) in [5.74, 6) is -0.271. The number of fused-ring (bicyclic) bond motifs is 3. The standard InChI is InChI=1S/C15H11ClF2N4/c1-7-2-3-12-20-14-9(17)4-8(5-11(14)22(7)12)13-10(18)6-19-15(16)21-13/h4-7H,2-3H2,1H3. The second-order valence-electron chi connectivity index (χ2n) is 5.45. The van der Waals surface area contributed by atoms with Crippen LogP contribution >= 0.6 is 11.6 Å². The Morgan fingerprint density at radius 1 is 1.23 bits per heavy atom. The molecule has 1 aliphatic heterocycles. The molecule has 112 valence electrons. The van der Waals surface area contributed by atoms with Crippen molar-refractivity contribution in [1.29, 1.82) is 0 Å². The third-order valence-electron chi connectivity index (χ3n) is 4.04. The van der Waals surface area contributed by atoms with E-state index >= 15 is 0 Å². The SMILES string of the molecule is CC1CCc2nc3c(F)cc(-c4nc(Cl)ncc4F)cc3n21. The van der Waals surface area contributed by atoms with E-state index in [2.05, 4.69) is 21.9 Å². The van der Waals surface area contributed by atoms with Crippen LogP contribution in [0.2, 0.25) is 5.28 Å². The lowest BCUT2D eigenvalue weighted by molar-refractivity contribution is 0.595. The van der Waals surface area contributed by atoms with Crippen LogP contribution < -0.4 is 0 Å². The molecule has 2 aromatic heterocycles. The summed E-state index contributed by atoms with van der Waals surface area (Å²) in [6.45, 7) is 2.06. The predicted molar refractivity (Wildman–Crippen MR) is 78.7 cm³/mol. The second kappa shape index (κ2) is 4.71. The van der Waals surface area contributed by atoms with E-state index in [1.165, 1.54) is 6.07 Å². The lowest BCUT2D eigenvalue weighted by Gasteiger charge is -2.09. The Kier molecular flexibility index (Phi) is 2.91. The molecular weight excluding hydrogens is 310 g/mol. The van der Waals surface area contributed by atoms with Gasteiger partial charge in [-0.3, -0.25) is 0 Å². The highest BCUT2D eigenvalue weighted by atomic mass is 35.5. The Labute approximate surface area is 129 Å². The zero-order chi connectivity index (χ0) is 15.4. The van der Waals surface area contributed by atoms with E-state index in [4.69, 9.17) is 11.6 Å². The van der Waals surface area contributed by atoms with Crippen molar-refractivity contribution >= 4 is 22.6 Å². The largest absolute Gasteiger partial charge is 0.325 e. The first-order chi connectivity index (χ1) is 10.5. The van der Waals surface area contributed by atoms with Crippen LogP contribution in [-0.2, 0) is 6.42 Å². The van der Waals surface area contributed by atoms with Crippen LogP contribution in [0.3, 0.4) is 0 Å². The Morgan fingerprint density at radius 2 is 2.05 bits per heavy atom. The van der Waals surface area contributed by atoms with Gasteiger partial charge in [0.15, 0.2) is 11.6 Å². The van der Waals surface area contributed by atoms with E-state index in [-0.39, 0.29) is 17.0 Å². The van der Waals surface area contributed by atoms with Gasteiger partial charge in [0.05, 0.1) is 11.7 Å². The molecule has 1 unspecified atom stereocenters. The zero-order valence-corrected chi connectivity index (χ0v) is 12.4. The number of rotatable bonds is 1. The molecule has 1 aliphatic rings. The number of halogens is 3.